The van der Waals surface area contributed by atoms with Crippen molar-refractivity contribution in [2.24, 2.45) is 10.7 Å². The highest BCUT2D eigenvalue weighted by molar-refractivity contribution is 14.0. The molecule has 1 fully saturated rings. The number of hydrogen-bond donors (Lipinski definition) is 2. The second kappa shape index (κ2) is 7.24. The molecule has 0 radical (unpaired) electrons. The minimum Gasteiger partial charge on any atom is -0.370 e. The molecule has 2 rings (SSSR count). The molecule has 6 nitrogen and oxygen atoms in total. The van der Waals surface area contributed by atoms with Crippen molar-refractivity contribution < 1.29 is 0 Å². The molecule has 7 heteroatoms. The molecule has 0 atom stereocenters. The van der Waals surface area contributed by atoms with Crippen LogP contribution in [0.15, 0.2) is 11.3 Å². The lowest BCUT2D eigenvalue weighted by Gasteiger charge is -2.20. The Kier molecular flexibility index (Phi) is 6.22. The van der Waals surface area contributed by atoms with Gasteiger partial charge in [-0.25, -0.2) is 14.7 Å². The number of aromatic nitrogens is 3. The van der Waals surface area contributed by atoms with Gasteiger partial charge in [0.25, 0.3) is 0 Å². The molecule has 1 aliphatic carbocycles. The molecule has 0 aromatic carbocycles. The SMILES string of the molecule is CC(C)(C)n1ncnc1CN=C(N)NC1CCCC1.I. The largest absolute Gasteiger partial charge is 0.370 e. The first-order chi connectivity index (χ1) is 8.97. The number of nitrogens with one attached hydrogen (secondary N) is 1. The van der Waals surface area contributed by atoms with Crippen LogP contribution in [0, 0.1) is 0 Å². The molecule has 1 aromatic rings. The first-order valence-electron chi connectivity index (χ1n) is 6.92. The number of nitrogens with two attached hydrogens (primary N) is 1. The summed E-state index contributed by atoms with van der Waals surface area (Å²) in [5.41, 5.74) is 5.82. The van der Waals surface area contributed by atoms with E-state index in [-0.39, 0.29) is 29.5 Å². The zero-order valence-corrected chi connectivity index (χ0v) is 14.8. The van der Waals surface area contributed by atoms with E-state index in [9.17, 15) is 0 Å². The Balaban J connectivity index is 0.00000200. The Morgan fingerprint density at radius 3 is 2.70 bits per heavy atom. The van der Waals surface area contributed by atoms with Gasteiger partial charge >= 0.3 is 0 Å². The van der Waals surface area contributed by atoms with E-state index in [0.29, 0.717) is 18.5 Å². The highest BCUT2D eigenvalue weighted by Gasteiger charge is 2.18. The fourth-order valence-corrected chi connectivity index (χ4v) is 2.41. The van der Waals surface area contributed by atoms with Crippen LogP contribution in [0.3, 0.4) is 0 Å². The van der Waals surface area contributed by atoms with Gasteiger partial charge in [-0.3, -0.25) is 0 Å². The maximum atomic E-state index is 5.91. The third kappa shape index (κ3) is 4.60. The number of nitrogens with zero attached hydrogens (tertiary/aromatic N) is 4. The molecule has 0 aliphatic heterocycles. The molecule has 1 heterocycles. The quantitative estimate of drug-likeness (QED) is 0.469. The molecule has 114 valence electrons. The predicted molar refractivity (Wildman–Crippen MR) is 91.2 cm³/mol. The molecule has 0 amide bonds. The normalized spacial score (nSPS) is 17.1. The van der Waals surface area contributed by atoms with E-state index in [1.54, 1.807) is 6.33 Å². The van der Waals surface area contributed by atoms with Crippen molar-refractivity contribution in [2.75, 3.05) is 0 Å². The van der Waals surface area contributed by atoms with Gasteiger partial charge in [-0.05, 0) is 33.6 Å². The highest BCUT2D eigenvalue weighted by atomic mass is 127. The van der Waals surface area contributed by atoms with Crippen LogP contribution in [0.2, 0.25) is 0 Å². The summed E-state index contributed by atoms with van der Waals surface area (Å²) >= 11 is 0. The Morgan fingerprint density at radius 2 is 2.10 bits per heavy atom. The molecule has 0 unspecified atom stereocenters. The smallest absolute Gasteiger partial charge is 0.189 e. The zero-order valence-electron chi connectivity index (χ0n) is 12.5. The average molecular weight is 392 g/mol. The van der Waals surface area contributed by atoms with Crippen molar-refractivity contribution in [2.45, 2.75) is 64.6 Å². The molecule has 0 spiro atoms. The van der Waals surface area contributed by atoms with Gasteiger partial charge in [0, 0.05) is 6.04 Å². The minimum atomic E-state index is -0.0883. The monoisotopic (exact) mass is 392 g/mol. The first kappa shape index (κ1) is 17.2. The molecule has 0 saturated heterocycles. The van der Waals surface area contributed by atoms with Crippen molar-refractivity contribution >= 4 is 29.9 Å². The summed E-state index contributed by atoms with van der Waals surface area (Å²) in [5, 5.41) is 7.51. The van der Waals surface area contributed by atoms with Gasteiger partial charge < -0.3 is 11.1 Å². The number of guanidine groups is 1. The Bertz CT molecular complexity index is 442. The fourth-order valence-electron chi connectivity index (χ4n) is 2.41. The van der Waals surface area contributed by atoms with Crippen molar-refractivity contribution in [3.05, 3.63) is 12.2 Å². The Labute approximate surface area is 137 Å². The van der Waals surface area contributed by atoms with E-state index < -0.39 is 0 Å². The van der Waals surface area contributed by atoms with Crippen LogP contribution in [-0.2, 0) is 12.1 Å². The topological polar surface area (TPSA) is 81.1 Å². The van der Waals surface area contributed by atoms with Gasteiger partial charge in [0.1, 0.15) is 18.7 Å². The van der Waals surface area contributed by atoms with Crippen LogP contribution in [0.5, 0.6) is 0 Å². The molecule has 0 bridgehead atoms. The maximum absolute atomic E-state index is 5.91. The lowest BCUT2D eigenvalue weighted by Crippen LogP contribution is -2.38. The first-order valence-corrected chi connectivity index (χ1v) is 6.92. The Morgan fingerprint density at radius 1 is 1.45 bits per heavy atom. The standard InChI is InChI=1S/C13H24N6.HI/c1-13(2,3)19-11(16-9-17-19)8-15-12(14)18-10-6-4-5-7-10;/h9-10H,4-8H2,1-3H3,(H3,14,15,18);1H. The third-order valence-corrected chi connectivity index (χ3v) is 3.35. The molecule has 1 aromatic heterocycles. The lowest BCUT2D eigenvalue weighted by atomic mass is 10.1. The van der Waals surface area contributed by atoms with E-state index >= 15 is 0 Å². The summed E-state index contributed by atoms with van der Waals surface area (Å²) in [6.45, 7) is 6.74. The van der Waals surface area contributed by atoms with Crippen LogP contribution in [0.1, 0.15) is 52.3 Å². The van der Waals surface area contributed by atoms with E-state index in [1.807, 2.05) is 4.68 Å². The van der Waals surface area contributed by atoms with Crippen molar-refractivity contribution in [1.29, 1.82) is 0 Å². The van der Waals surface area contributed by atoms with Gasteiger partial charge in [0.15, 0.2) is 5.96 Å². The second-order valence-corrected chi connectivity index (χ2v) is 6.09. The average Bonchev–Trinajstić information content (AvgIpc) is 2.95. The molecular weight excluding hydrogens is 367 g/mol. The maximum Gasteiger partial charge on any atom is 0.189 e. The summed E-state index contributed by atoms with van der Waals surface area (Å²) in [5.74, 6) is 1.35. The summed E-state index contributed by atoms with van der Waals surface area (Å²) in [6, 6.07) is 0.490. The summed E-state index contributed by atoms with van der Waals surface area (Å²) in [4.78, 5) is 8.61. The number of hydrogen-bond acceptors (Lipinski definition) is 3. The van der Waals surface area contributed by atoms with Crippen LogP contribution >= 0.6 is 24.0 Å². The Hall–Kier alpha value is -0.860. The van der Waals surface area contributed by atoms with Gasteiger partial charge in [0.05, 0.1) is 5.54 Å². The molecule has 3 N–H and O–H groups in total. The van der Waals surface area contributed by atoms with E-state index in [2.05, 4.69) is 41.2 Å². The van der Waals surface area contributed by atoms with E-state index in [0.717, 1.165) is 5.82 Å². The van der Waals surface area contributed by atoms with Gasteiger partial charge in [0.2, 0.25) is 0 Å². The van der Waals surface area contributed by atoms with Crippen molar-refractivity contribution in [3.8, 4) is 0 Å². The van der Waals surface area contributed by atoms with Gasteiger partial charge in [-0.1, -0.05) is 12.8 Å². The number of halogens is 1. The van der Waals surface area contributed by atoms with Crippen molar-refractivity contribution in [3.63, 3.8) is 0 Å². The summed E-state index contributed by atoms with van der Waals surface area (Å²) < 4.78 is 1.89. The highest BCUT2D eigenvalue weighted by Crippen LogP contribution is 2.17. The van der Waals surface area contributed by atoms with Crippen LogP contribution in [0.25, 0.3) is 0 Å². The van der Waals surface area contributed by atoms with Gasteiger partial charge in [-0.2, -0.15) is 5.10 Å². The summed E-state index contributed by atoms with van der Waals surface area (Å²) in [6.07, 6.45) is 6.51. The van der Waals surface area contributed by atoms with E-state index in [4.69, 9.17) is 5.73 Å². The van der Waals surface area contributed by atoms with Crippen LogP contribution in [-0.4, -0.2) is 26.8 Å². The van der Waals surface area contributed by atoms with Gasteiger partial charge in [-0.15, -0.1) is 24.0 Å². The van der Waals surface area contributed by atoms with Crippen LogP contribution in [0.4, 0.5) is 0 Å². The minimum absolute atomic E-state index is 0. The summed E-state index contributed by atoms with van der Waals surface area (Å²) in [7, 11) is 0. The molecular formula is C13H25IN6. The van der Waals surface area contributed by atoms with Crippen molar-refractivity contribution in [1.82, 2.24) is 20.1 Å². The number of aliphatic imine (C=N–C) groups is 1. The molecule has 1 saturated carbocycles. The predicted octanol–water partition coefficient (Wildman–Crippen LogP) is 2.00. The van der Waals surface area contributed by atoms with Crippen LogP contribution < -0.4 is 11.1 Å². The molecule has 20 heavy (non-hydrogen) atoms. The second-order valence-electron chi connectivity index (χ2n) is 6.09. The number of rotatable bonds is 3. The molecule has 1 aliphatic rings. The third-order valence-electron chi connectivity index (χ3n) is 3.35. The fraction of sp³-hybridized carbons (Fsp3) is 0.769. The zero-order chi connectivity index (χ0) is 13.9. The lowest BCUT2D eigenvalue weighted by molar-refractivity contribution is 0.341. The van der Waals surface area contributed by atoms with E-state index in [1.165, 1.54) is 25.7 Å².